The summed E-state index contributed by atoms with van der Waals surface area (Å²) in [5.41, 5.74) is 2.48. The Labute approximate surface area is 184 Å². The molecule has 158 valence electrons. The number of nitrogens with zero attached hydrogens (tertiary/aromatic N) is 3. The van der Waals surface area contributed by atoms with E-state index in [0.717, 1.165) is 35.1 Å². The highest BCUT2D eigenvalue weighted by Crippen LogP contribution is 2.41. The molecule has 2 heterocycles. The minimum Gasteiger partial charge on any atom is -0.324 e. The van der Waals surface area contributed by atoms with Gasteiger partial charge in [0.25, 0.3) is 5.56 Å². The Morgan fingerprint density at radius 2 is 2.13 bits per heavy atom. The lowest BCUT2D eigenvalue weighted by Crippen LogP contribution is -2.31. The first-order valence-corrected chi connectivity index (χ1v) is 11.3. The molecule has 4 rings (SSSR count). The number of aryl methyl sites for hydroxylation is 1. The third-order valence-electron chi connectivity index (χ3n) is 6.00. The van der Waals surface area contributed by atoms with Gasteiger partial charge in [0.15, 0.2) is 4.83 Å². The number of benzene rings is 1. The van der Waals surface area contributed by atoms with E-state index in [2.05, 4.69) is 36.4 Å². The second-order valence-electron chi connectivity index (χ2n) is 9.00. The number of nitrogens with one attached hydrogen (secondary N) is 1. The van der Waals surface area contributed by atoms with Crippen LogP contribution in [0.2, 0.25) is 5.02 Å². The summed E-state index contributed by atoms with van der Waals surface area (Å²) in [6.45, 7) is 8.44. The molecule has 1 aliphatic rings. The van der Waals surface area contributed by atoms with Gasteiger partial charge >= 0.3 is 0 Å². The van der Waals surface area contributed by atoms with Crippen molar-refractivity contribution >= 4 is 44.7 Å². The van der Waals surface area contributed by atoms with Crippen molar-refractivity contribution in [2.45, 2.75) is 53.5 Å². The van der Waals surface area contributed by atoms with Crippen LogP contribution in [0.1, 0.15) is 43.2 Å². The molecule has 0 bridgehead atoms. The maximum Gasteiger partial charge on any atom is 0.279 e. The van der Waals surface area contributed by atoms with Crippen molar-refractivity contribution in [3.05, 3.63) is 49.6 Å². The van der Waals surface area contributed by atoms with Crippen molar-refractivity contribution in [2.75, 3.05) is 5.32 Å². The lowest BCUT2D eigenvalue weighted by atomic mass is 9.72. The SMILES string of the molecule is Cc1c(Cl)cccc1NC(=O)Cn1nnc2sc3c(c2c1=O)CC[C@@H](C(C)(C)C)C3. The number of aromatic nitrogens is 3. The summed E-state index contributed by atoms with van der Waals surface area (Å²) < 4.78 is 1.15. The molecule has 0 saturated carbocycles. The van der Waals surface area contributed by atoms with Crippen LogP contribution >= 0.6 is 22.9 Å². The predicted molar refractivity (Wildman–Crippen MR) is 121 cm³/mol. The Kier molecular flexibility index (Phi) is 5.45. The molecule has 1 N–H and O–H groups in total. The predicted octanol–water partition coefficient (Wildman–Crippen LogP) is 4.60. The first kappa shape index (κ1) is 21.0. The van der Waals surface area contributed by atoms with Gasteiger partial charge < -0.3 is 5.32 Å². The van der Waals surface area contributed by atoms with E-state index in [4.69, 9.17) is 11.6 Å². The quantitative estimate of drug-likeness (QED) is 0.640. The molecule has 0 radical (unpaired) electrons. The van der Waals surface area contributed by atoms with Gasteiger partial charge in [0.1, 0.15) is 6.54 Å². The standard InChI is InChI=1S/C22H25ClN4O2S/c1-12-15(23)6-5-7-16(12)24-18(28)11-27-21(29)19-14-9-8-13(22(2,3)4)10-17(14)30-20(19)25-26-27/h5-7,13H,8-11H2,1-4H3,(H,24,28)/t13-/m1/s1. The minimum atomic E-state index is -0.340. The van der Waals surface area contributed by atoms with Gasteiger partial charge in [-0.3, -0.25) is 9.59 Å². The number of hydrogen-bond donors (Lipinski definition) is 1. The van der Waals surface area contributed by atoms with Crippen molar-refractivity contribution in [1.82, 2.24) is 15.0 Å². The topological polar surface area (TPSA) is 76.9 Å². The van der Waals surface area contributed by atoms with Crippen LogP contribution in [-0.4, -0.2) is 20.9 Å². The number of anilines is 1. The van der Waals surface area contributed by atoms with Crippen LogP contribution in [-0.2, 0) is 24.2 Å². The van der Waals surface area contributed by atoms with Crippen molar-refractivity contribution in [2.24, 2.45) is 11.3 Å². The van der Waals surface area contributed by atoms with Crippen LogP contribution < -0.4 is 10.9 Å². The molecular formula is C22H25ClN4O2S. The van der Waals surface area contributed by atoms with Gasteiger partial charge in [0, 0.05) is 15.6 Å². The van der Waals surface area contributed by atoms with Crippen molar-refractivity contribution in [3.8, 4) is 0 Å². The molecule has 6 nitrogen and oxygen atoms in total. The van der Waals surface area contributed by atoms with E-state index in [1.165, 1.54) is 4.88 Å². The zero-order valence-corrected chi connectivity index (χ0v) is 19.2. The molecule has 1 aromatic carbocycles. The molecule has 0 aliphatic heterocycles. The molecule has 0 fully saturated rings. The third kappa shape index (κ3) is 3.88. The number of hydrogen-bond acceptors (Lipinski definition) is 5. The largest absolute Gasteiger partial charge is 0.324 e. The summed E-state index contributed by atoms with van der Waals surface area (Å²) in [6.07, 6.45) is 2.89. The van der Waals surface area contributed by atoms with Crippen LogP contribution in [0, 0.1) is 18.3 Å². The van der Waals surface area contributed by atoms with Crippen LogP contribution in [0.5, 0.6) is 0 Å². The van der Waals surface area contributed by atoms with E-state index < -0.39 is 0 Å². The molecule has 2 aromatic heterocycles. The number of carbonyl (C=O) groups excluding carboxylic acids is 1. The number of thiophene rings is 1. The van der Waals surface area contributed by atoms with Crippen LogP contribution in [0.25, 0.3) is 10.2 Å². The van der Waals surface area contributed by atoms with E-state index in [1.54, 1.807) is 29.5 Å². The first-order chi connectivity index (χ1) is 14.1. The monoisotopic (exact) mass is 444 g/mol. The van der Waals surface area contributed by atoms with Gasteiger partial charge in [-0.1, -0.05) is 43.7 Å². The summed E-state index contributed by atoms with van der Waals surface area (Å²) in [7, 11) is 0. The highest BCUT2D eigenvalue weighted by Gasteiger charge is 2.32. The molecule has 1 atom stereocenters. The Hall–Kier alpha value is -2.25. The molecule has 0 unspecified atom stereocenters. The lowest BCUT2D eigenvalue weighted by molar-refractivity contribution is -0.117. The number of carbonyl (C=O) groups is 1. The highest BCUT2D eigenvalue weighted by molar-refractivity contribution is 7.18. The number of amides is 1. The fourth-order valence-corrected chi connectivity index (χ4v) is 5.45. The molecule has 1 amide bonds. The van der Waals surface area contributed by atoms with Crippen molar-refractivity contribution in [3.63, 3.8) is 0 Å². The van der Waals surface area contributed by atoms with Gasteiger partial charge in [0.2, 0.25) is 5.91 Å². The molecule has 0 saturated heterocycles. The summed E-state index contributed by atoms with van der Waals surface area (Å²) in [6, 6.07) is 5.31. The zero-order chi connectivity index (χ0) is 21.6. The average Bonchev–Trinajstić information content (AvgIpc) is 3.05. The van der Waals surface area contributed by atoms with Crippen LogP contribution in [0.4, 0.5) is 5.69 Å². The van der Waals surface area contributed by atoms with Crippen molar-refractivity contribution in [1.29, 1.82) is 0 Å². The number of fused-ring (bicyclic) bond motifs is 3. The van der Waals surface area contributed by atoms with E-state index in [9.17, 15) is 9.59 Å². The Morgan fingerprint density at radius 3 is 2.87 bits per heavy atom. The summed E-state index contributed by atoms with van der Waals surface area (Å²) in [4.78, 5) is 27.6. The maximum absolute atomic E-state index is 13.1. The maximum atomic E-state index is 13.1. The van der Waals surface area contributed by atoms with Gasteiger partial charge in [0.05, 0.1) is 5.39 Å². The summed E-state index contributed by atoms with van der Waals surface area (Å²) >= 11 is 7.68. The Balaban J connectivity index is 1.61. The third-order valence-corrected chi connectivity index (χ3v) is 7.55. The van der Waals surface area contributed by atoms with E-state index in [1.807, 2.05) is 6.92 Å². The average molecular weight is 445 g/mol. The molecule has 1 aliphatic carbocycles. The van der Waals surface area contributed by atoms with Gasteiger partial charge in [-0.25, -0.2) is 4.68 Å². The number of rotatable bonds is 3. The fraction of sp³-hybridized carbons (Fsp3) is 0.455. The van der Waals surface area contributed by atoms with E-state index in [-0.39, 0.29) is 23.4 Å². The Bertz CT molecular complexity index is 1190. The lowest BCUT2D eigenvalue weighted by Gasteiger charge is -2.33. The summed E-state index contributed by atoms with van der Waals surface area (Å²) in [5.74, 6) is 0.243. The van der Waals surface area contributed by atoms with Crippen LogP contribution in [0.3, 0.4) is 0 Å². The van der Waals surface area contributed by atoms with E-state index >= 15 is 0 Å². The first-order valence-electron chi connectivity index (χ1n) is 10.1. The molecule has 8 heteroatoms. The van der Waals surface area contributed by atoms with Crippen molar-refractivity contribution < 1.29 is 4.79 Å². The molecule has 3 aromatic rings. The van der Waals surface area contributed by atoms with E-state index in [0.29, 0.717) is 26.8 Å². The molecular weight excluding hydrogens is 420 g/mol. The smallest absolute Gasteiger partial charge is 0.279 e. The van der Waals surface area contributed by atoms with Gasteiger partial charge in [-0.15, -0.1) is 16.4 Å². The number of halogens is 1. The minimum absolute atomic E-state index is 0.192. The molecule has 0 spiro atoms. The van der Waals surface area contributed by atoms with Crippen LogP contribution in [0.15, 0.2) is 23.0 Å². The molecule has 30 heavy (non-hydrogen) atoms. The fourth-order valence-electron chi connectivity index (χ4n) is 4.04. The van der Waals surface area contributed by atoms with Gasteiger partial charge in [-0.05, 0) is 60.8 Å². The summed E-state index contributed by atoms with van der Waals surface area (Å²) in [5, 5.41) is 12.3. The second-order valence-corrected chi connectivity index (χ2v) is 10.5. The highest BCUT2D eigenvalue weighted by atomic mass is 35.5. The zero-order valence-electron chi connectivity index (χ0n) is 17.6. The van der Waals surface area contributed by atoms with Gasteiger partial charge in [-0.2, -0.15) is 0 Å². The second kappa shape index (κ2) is 7.78. The normalized spacial score (nSPS) is 16.5. The Morgan fingerprint density at radius 1 is 1.37 bits per heavy atom.